The lowest BCUT2D eigenvalue weighted by molar-refractivity contribution is 0.576. The zero-order valence-electron chi connectivity index (χ0n) is 11.7. The third-order valence-corrected chi connectivity index (χ3v) is 5.33. The third kappa shape index (κ3) is 5.07. The third-order valence-electron chi connectivity index (χ3n) is 3.04. The van der Waals surface area contributed by atoms with Gasteiger partial charge >= 0.3 is 0 Å². The number of rotatable bonds is 8. The molecule has 0 bridgehead atoms. The van der Waals surface area contributed by atoms with Gasteiger partial charge in [0.15, 0.2) is 0 Å². The zero-order chi connectivity index (χ0) is 15.2. The Balaban J connectivity index is 2.37. The van der Waals surface area contributed by atoms with Crippen molar-refractivity contribution in [1.82, 2.24) is 4.72 Å². The molecule has 0 heterocycles. The van der Waals surface area contributed by atoms with Gasteiger partial charge in [0.2, 0.25) is 10.0 Å². The normalized spacial score (nSPS) is 12.9. The minimum atomic E-state index is -3.46. The molecule has 5 nitrogen and oxygen atoms in total. The average Bonchev–Trinajstić information content (AvgIpc) is 2.43. The Bertz CT molecular complexity index is 532. The monoisotopic (exact) mass is 315 g/mol. The van der Waals surface area contributed by atoms with E-state index in [1.165, 1.54) is 6.92 Å². The summed E-state index contributed by atoms with van der Waals surface area (Å²) in [4.78, 5) is 2.06. The summed E-state index contributed by atoms with van der Waals surface area (Å²) in [7, 11) is -1.48. The molecule has 0 amide bonds. The fourth-order valence-electron chi connectivity index (χ4n) is 1.62. The fraction of sp³-hybridized carbons (Fsp3) is 0.462. The quantitative estimate of drug-likeness (QED) is 0.555. The van der Waals surface area contributed by atoms with Gasteiger partial charge in [-0.3, -0.25) is 0 Å². The molecule has 1 rings (SSSR count). The Hall–Kier alpha value is -1.18. The van der Waals surface area contributed by atoms with Crippen LogP contribution in [0.2, 0.25) is 0 Å². The molecule has 112 valence electrons. The molecule has 0 aliphatic heterocycles. The molecule has 1 aromatic rings. The number of nitrogens with two attached hydrogens (primary N) is 1. The largest absolute Gasteiger partial charge is 0.392 e. The summed E-state index contributed by atoms with van der Waals surface area (Å²) in [5.74, 6) is 0. The van der Waals surface area contributed by atoms with E-state index in [2.05, 4.69) is 9.62 Å². The van der Waals surface area contributed by atoms with Crippen LogP contribution in [0.4, 0.5) is 5.69 Å². The van der Waals surface area contributed by atoms with E-state index in [-0.39, 0.29) is 4.99 Å². The molecule has 7 heteroatoms. The maximum atomic E-state index is 11.8. The van der Waals surface area contributed by atoms with Crippen LogP contribution in [0.3, 0.4) is 0 Å². The molecule has 0 saturated heterocycles. The van der Waals surface area contributed by atoms with Crippen molar-refractivity contribution in [2.75, 3.05) is 25.0 Å². The highest BCUT2D eigenvalue weighted by molar-refractivity contribution is 7.93. The molecule has 0 saturated carbocycles. The van der Waals surface area contributed by atoms with Crippen molar-refractivity contribution in [2.24, 2.45) is 5.73 Å². The number of sulfonamides is 1. The van der Waals surface area contributed by atoms with E-state index in [0.717, 1.165) is 12.2 Å². The molecular formula is C13H21N3O2S2. The van der Waals surface area contributed by atoms with E-state index < -0.39 is 15.3 Å². The van der Waals surface area contributed by atoms with Crippen molar-refractivity contribution in [2.45, 2.75) is 18.6 Å². The molecule has 0 fully saturated rings. The lowest BCUT2D eigenvalue weighted by Gasteiger charge is -2.19. The number of anilines is 1. The summed E-state index contributed by atoms with van der Waals surface area (Å²) in [6, 6.07) is 9.93. The Morgan fingerprint density at radius 3 is 2.55 bits per heavy atom. The van der Waals surface area contributed by atoms with Crippen LogP contribution in [0.5, 0.6) is 0 Å². The summed E-state index contributed by atoms with van der Waals surface area (Å²) in [5, 5.41) is -0.843. The number of nitrogens with one attached hydrogen (secondary N) is 1. The summed E-state index contributed by atoms with van der Waals surface area (Å²) < 4.78 is 26.1. The van der Waals surface area contributed by atoms with Gasteiger partial charge in [-0.1, -0.05) is 30.4 Å². The summed E-state index contributed by atoms with van der Waals surface area (Å²) in [6.07, 6.45) is 0.703. The molecule has 1 atom stereocenters. The molecule has 0 aromatic heterocycles. The van der Waals surface area contributed by atoms with Crippen LogP contribution in [0.1, 0.15) is 13.3 Å². The molecule has 0 radical (unpaired) electrons. The second-order valence-corrected chi connectivity index (χ2v) is 7.15. The topological polar surface area (TPSA) is 75.4 Å². The standard InChI is InChI=1S/C13H21N3O2S2/c1-11(13(14)19)20(17,18)15-9-6-10-16(2)12-7-4-3-5-8-12/h3-5,7-8,11,15H,6,9-10H2,1-2H3,(H2,14,19). The van der Waals surface area contributed by atoms with Crippen LogP contribution in [-0.2, 0) is 10.0 Å². The first-order chi connectivity index (χ1) is 9.34. The van der Waals surface area contributed by atoms with Gasteiger partial charge in [-0.2, -0.15) is 0 Å². The van der Waals surface area contributed by atoms with Crippen molar-refractivity contribution in [3.8, 4) is 0 Å². The van der Waals surface area contributed by atoms with Crippen molar-refractivity contribution in [3.63, 3.8) is 0 Å². The van der Waals surface area contributed by atoms with Gasteiger partial charge in [0, 0.05) is 25.8 Å². The lowest BCUT2D eigenvalue weighted by atomic mass is 10.3. The second kappa shape index (κ2) is 7.56. The molecule has 20 heavy (non-hydrogen) atoms. The Kier molecular flexibility index (Phi) is 6.38. The maximum Gasteiger partial charge on any atom is 0.220 e. The van der Waals surface area contributed by atoms with Crippen LogP contribution < -0.4 is 15.4 Å². The van der Waals surface area contributed by atoms with Gasteiger partial charge < -0.3 is 10.6 Å². The zero-order valence-corrected chi connectivity index (χ0v) is 13.4. The highest BCUT2D eigenvalue weighted by Gasteiger charge is 2.22. The van der Waals surface area contributed by atoms with Crippen molar-refractivity contribution in [3.05, 3.63) is 30.3 Å². The van der Waals surface area contributed by atoms with Gasteiger partial charge in [-0.15, -0.1) is 0 Å². The van der Waals surface area contributed by atoms with Crippen LogP contribution in [0, 0.1) is 0 Å². The predicted molar refractivity (Wildman–Crippen MR) is 87.5 cm³/mol. The van der Waals surface area contributed by atoms with Crippen molar-refractivity contribution in [1.29, 1.82) is 0 Å². The highest BCUT2D eigenvalue weighted by Crippen LogP contribution is 2.10. The van der Waals surface area contributed by atoms with Crippen molar-refractivity contribution >= 4 is 32.9 Å². The maximum absolute atomic E-state index is 11.8. The van der Waals surface area contributed by atoms with Gasteiger partial charge in [0.25, 0.3) is 0 Å². The second-order valence-electron chi connectivity index (χ2n) is 4.59. The minimum absolute atomic E-state index is 0.0149. The number of hydrogen-bond acceptors (Lipinski definition) is 4. The Morgan fingerprint density at radius 1 is 1.40 bits per heavy atom. The van der Waals surface area contributed by atoms with Crippen LogP contribution >= 0.6 is 12.2 Å². The number of nitrogens with zero attached hydrogens (tertiary/aromatic N) is 1. The molecule has 0 aliphatic carbocycles. The minimum Gasteiger partial charge on any atom is -0.392 e. The fourth-order valence-corrected chi connectivity index (χ4v) is 2.98. The Labute approximate surface area is 126 Å². The average molecular weight is 315 g/mol. The van der Waals surface area contributed by atoms with E-state index in [0.29, 0.717) is 13.0 Å². The summed E-state index contributed by atoms with van der Waals surface area (Å²) in [6.45, 7) is 2.61. The number of para-hydroxylation sites is 1. The van der Waals surface area contributed by atoms with Gasteiger partial charge in [0.05, 0.1) is 4.99 Å². The van der Waals surface area contributed by atoms with E-state index in [1.54, 1.807) is 0 Å². The predicted octanol–water partition coefficient (Wildman–Crippen LogP) is 1.11. The van der Waals surface area contributed by atoms with Crippen LogP contribution in [0.25, 0.3) is 0 Å². The van der Waals surface area contributed by atoms with Crippen molar-refractivity contribution < 1.29 is 8.42 Å². The first-order valence-corrected chi connectivity index (χ1v) is 8.34. The first kappa shape index (κ1) is 16.9. The molecular weight excluding hydrogens is 294 g/mol. The number of thiocarbonyl (C=S) groups is 1. The van der Waals surface area contributed by atoms with Crippen LogP contribution in [0.15, 0.2) is 30.3 Å². The summed E-state index contributed by atoms with van der Waals surface area (Å²) >= 11 is 4.70. The van der Waals surface area contributed by atoms with Gasteiger partial charge in [0.1, 0.15) is 5.25 Å². The molecule has 3 N–H and O–H groups in total. The molecule has 1 aromatic carbocycles. The van der Waals surface area contributed by atoms with E-state index >= 15 is 0 Å². The first-order valence-electron chi connectivity index (χ1n) is 6.38. The van der Waals surface area contributed by atoms with Gasteiger partial charge in [-0.25, -0.2) is 13.1 Å². The summed E-state index contributed by atoms with van der Waals surface area (Å²) in [5.41, 5.74) is 6.46. The van der Waals surface area contributed by atoms with Crippen LogP contribution in [-0.4, -0.2) is 38.8 Å². The molecule has 0 aliphatic rings. The number of hydrogen-bond donors (Lipinski definition) is 2. The molecule has 0 spiro atoms. The van der Waals surface area contributed by atoms with E-state index in [1.807, 2.05) is 37.4 Å². The smallest absolute Gasteiger partial charge is 0.220 e. The highest BCUT2D eigenvalue weighted by atomic mass is 32.2. The lowest BCUT2D eigenvalue weighted by Crippen LogP contribution is -2.40. The van der Waals surface area contributed by atoms with E-state index in [4.69, 9.17) is 18.0 Å². The molecule has 1 unspecified atom stereocenters. The van der Waals surface area contributed by atoms with Gasteiger partial charge in [-0.05, 0) is 25.5 Å². The number of benzene rings is 1. The Morgan fingerprint density at radius 2 is 2.00 bits per heavy atom. The SMILES string of the molecule is CC(C(N)=S)S(=O)(=O)NCCCN(C)c1ccccc1. The van der Waals surface area contributed by atoms with E-state index in [9.17, 15) is 8.42 Å².